The van der Waals surface area contributed by atoms with Crippen LogP contribution in [-0.4, -0.2) is 34.6 Å². The molecular formula is C22H23N3O4S. The summed E-state index contributed by atoms with van der Waals surface area (Å²) < 4.78 is 12.5. The van der Waals surface area contributed by atoms with Crippen LogP contribution in [-0.2, 0) is 14.3 Å². The summed E-state index contributed by atoms with van der Waals surface area (Å²) in [4.78, 5) is 28.5. The van der Waals surface area contributed by atoms with Gasteiger partial charge in [0, 0.05) is 29.0 Å². The van der Waals surface area contributed by atoms with E-state index in [2.05, 4.69) is 10.3 Å². The van der Waals surface area contributed by atoms with Gasteiger partial charge in [-0.05, 0) is 50.6 Å². The summed E-state index contributed by atoms with van der Waals surface area (Å²) in [6.45, 7) is 5.90. The van der Waals surface area contributed by atoms with Gasteiger partial charge in [-0.25, -0.2) is 9.78 Å². The molecule has 2 heterocycles. The molecule has 0 fully saturated rings. The number of nitrogens with one attached hydrogen (secondary N) is 1. The summed E-state index contributed by atoms with van der Waals surface area (Å²) in [7, 11) is 0. The SMILES string of the molecule is CCOc1ccccc1NC(=O)COC(=O)/C=C/c1cc(C)n(-c2nccs2)c1C. The number of rotatable bonds is 8. The number of nitrogens with zero attached hydrogens (tertiary/aromatic N) is 2. The maximum absolute atomic E-state index is 12.1. The zero-order chi connectivity index (χ0) is 21.5. The van der Waals surface area contributed by atoms with Crippen LogP contribution in [0.2, 0.25) is 0 Å². The van der Waals surface area contributed by atoms with E-state index in [4.69, 9.17) is 9.47 Å². The number of carbonyl (C=O) groups is 2. The van der Waals surface area contributed by atoms with Crippen LogP contribution >= 0.6 is 11.3 Å². The number of ether oxygens (including phenoxy) is 2. The van der Waals surface area contributed by atoms with Gasteiger partial charge < -0.3 is 14.8 Å². The zero-order valence-electron chi connectivity index (χ0n) is 17.0. The van der Waals surface area contributed by atoms with Gasteiger partial charge in [-0.15, -0.1) is 11.3 Å². The zero-order valence-corrected chi connectivity index (χ0v) is 17.9. The van der Waals surface area contributed by atoms with Crippen LogP contribution in [0, 0.1) is 13.8 Å². The highest BCUT2D eigenvalue weighted by molar-refractivity contribution is 7.12. The third kappa shape index (κ3) is 5.15. The van der Waals surface area contributed by atoms with Crippen LogP contribution in [0.25, 0.3) is 11.2 Å². The Kier molecular flexibility index (Phi) is 7.03. The number of hydrogen-bond donors (Lipinski definition) is 1. The van der Waals surface area contributed by atoms with Gasteiger partial charge in [0.05, 0.1) is 12.3 Å². The molecular weight excluding hydrogens is 402 g/mol. The van der Waals surface area contributed by atoms with E-state index in [1.165, 1.54) is 6.08 Å². The van der Waals surface area contributed by atoms with E-state index in [-0.39, 0.29) is 6.61 Å². The number of aryl methyl sites for hydroxylation is 1. The third-order valence-corrected chi connectivity index (χ3v) is 5.04. The molecule has 0 saturated heterocycles. The second-order valence-corrected chi connectivity index (χ2v) is 7.27. The highest BCUT2D eigenvalue weighted by Gasteiger charge is 2.12. The average molecular weight is 426 g/mol. The fraction of sp³-hybridized carbons (Fsp3) is 0.227. The summed E-state index contributed by atoms with van der Waals surface area (Å²) in [6, 6.07) is 9.06. The molecule has 0 aliphatic rings. The van der Waals surface area contributed by atoms with E-state index in [0.717, 1.165) is 22.1 Å². The molecule has 0 aliphatic carbocycles. The van der Waals surface area contributed by atoms with E-state index < -0.39 is 11.9 Å². The lowest BCUT2D eigenvalue weighted by atomic mass is 10.2. The van der Waals surface area contributed by atoms with Crippen molar-refractivity contribution in [1.29, 1.82) is 0 Å². The van der Waals surface area contributed by atoms with E-state index in [1.807, 2.05) is 42.9 Å². The molecule has 1 amide bonds. The summed E-state index contributed by atoms with van der Waals surface area (Å²) in [5.41, 5.74) is 3.40. The predicted octanol–water partition coefficient (Wildman–Crippen LogP) is 4.14. The Morgan fingerprint density at radius 1 is 1.27 bits per heavy atom. The van der Waals surface area contributed by atoms with E-state index in [9.17, 15) is 9.59 Å². The average Bonchev–Trinajstić information content (AvgIpc) is 3.34. The Morgan fingerprint density at radius 2 is 2.07 bits per heavy atom. The molecule has 7 nitrogen and oxygen atoms in total. The first-order chi connectivity index (χ1) is 14.5. The third-order valence-electron chi connectivity index (χ3n) is 4.29. The molecule has 0 aliphatic heterocycles. The first kappa shape index (κ1) is 21.3. The number of hydrogen-bond acceptors (Lipinski definition) is 6. The molecule has 1 N–H and O–H groups in total. The first-order valence-electron chi connectivity index (χ1n) is 9.45. The second kappa shape index (κ2) is 9.89. The molecule has 3 aromatic rings. The van der Waals surface area contributed by atoms with Crippen molar-refractivity contribution in [3.8, 4) is 10.9 Å². The van der Waals surface area contributed by atoms with Gasteiger partial charge in [0.2, 0.25) is 0 Å². The fourth-order valence-corrected chi connectivity index (χ4v) is 3.71. The van der Waals surface area contributed by atoms with Crippen molar-refractivity contribution in [2.45, 2.75) is 20.8 Å². The Balaban J connectivity index is 1.57. The summed E-state index contributed by atoms with van der Waals surface area (Å²) in [5, 5.41) is 5.47. The van der Waals surface area contributed by atoms with Gasteiger partial charge in [0.25, 0.3) is 5.91 Å². The molecule has 0 bridgehead atoms. The van der Waals surface area contributed by atoms with Crippen LogP contribution in [0.4, 0.5) is 5.69 Å². The maximum atomic E-state index is 12.1. The van der Waals surface area contributed by atoms with Gasteiger partial charge in [-0.2, -0.15) is 0 Å². The van der Waals surface area contributed by atoms with Crippen LogP contribution in [0.3, 0.4) is 0 Å². The highest BCUT2D eigenvalue weighted by atomic mass is 32.1. The Morgan fingerprint density at radius 3 is 2.80 bits per heavy atom. The number of para-hydroxylation sites is 2. The van der Waals surface area contributed by atoms with Crippen LogP contribution < -0.4 is 10.1 Å². The van der Waals surface area contributed by atoms with Crippen molar-refractivity contribution in [2.24, 2.45) is 0 Å². The fourth-order valence-electron chi connectivity index (χ4n) is 2.96. The quantitative estimate of drug-likeness (QED) is 0.433. The molecule has 0 spiro atoms. The molecule has 0 unspecified atom stereocenters. The summed E-state index contributed by atoms with van der Waals surface area (Å²) >= 11 is 1.54. The largest absolute Gasteiger partial charge is 0.492 e. The minimum Gasteiger partial charge on any atom is -0.492 e. The molecule has 3 rings (SSSR count). The Hall–Kier alpha value is -3.39. The van der Waals surface area contributed by atoms with Crippen molar-refractivity contribution in [1.82, 2.24) is 9.55 Å². The lowest BCUT2D eigenvalue weighted by Gasteiger charge is -2.11. The predicted molar refractivity (Wildman–Crippen MR) is 117 cm³/mol. The van der Waals surface area contributed by atoms with E-state index in [1.54, 1.807) is 41.8 Å². The van der Waals surface area contributed by atoms with Crippen molar-refractivity contribution in [3.05, 3.63) is 64.9 Å². The summed E-state index contributed by atoms with van der Waals surface area (Å²) in [5.74, 6) is -0.469. The van der Waals surface area contributed by atoms with Crippen LogP contribution in [0.1, 0.15) is 23.9 Å². The monoisotopic (exact) mass is 425 g/mol. The van der Waals surface area contributed by atoms with Crippen LogP contribution in [0.5, 0.6) is 5.75 Å². The van der Waals surface area contributed by atoms with Crippen molar-refractivity contribution < 1.29 is 19.1 Å². The number of aromatic nitrogens is 2. The van der Waals surface area contributed by atoms with Gasteiger partial charge in [0.1, 0.15) is 5.75 Å². The van der Waals surface area contributed by atoms with Gasteiger partial charge >= 0.3 is 5.97 Å². The number of benzene rings is 1. The molecule has 2 aromatic heterocycles. The lowest BCUT2D eigenvalue weighted by molar-refractivity contribution is -0.142. The molecule has 30 heavy (non-hydrogen) atoms. The Bertz CT molecular complexity index is 1050. The maximum Gasteiger partial charge on any atom is 0.331 e. The van der Waals surface area contributed by atoms with Crippen molar-refractivity contribution >= 4 is 35.0 Å². The van der Waals surface area contributed by atoms with Crippen molar-refractivity contribution in [2.75, 3.05) is 18.5 Å². The van der Waals surface area contributed by atoms with Crippen LogP contribution in [0.15, 0.2) is 48.0 Å². The number of carbonyl (C=O) groups excluding carboxylic acids is 2. The Labute approximate surface area is 179 Å². The van der Waals surface area contributed by atoms with E-state index >= 15 is 0 Å². The first-order valence-corrected chi connectivity index (χ1v) is 10.3. The second-order valence-electron chi connectivity index (χ2n) is 6.39. The minimum absolute atomic E-state index is 0.387. The lowest BCUT2D eigenvalue weighted by Crippen LogP contribution is -2.20. The number of thiazole rings is 1. The van der Waals surface area contributed by atoms with Gasteiger partial charge in [0.15, 0.2) is 11.7 Å². The minimum atomic E-state index is -0.595. The van der Waals surface area contributed by atoms with E-state index in [0.29, 0.717) is 18.0 Å². The molecule has 1 aromatic carbocycles. The number of anilines is 1. The molecule has 8 heteroatoms. The standard InChI is InChI=1S/C22H23N3O4S/c1-4-28-19-8-6-5-7-18(19)24-20(26)14-29-21(27)10-9-17-13-15(2)25(16(17)3)22-23-11-12-30-22/h5-13H,4,14H2,1-3H3,(H,24,26)/b10-9+. The normalized spacial score (nSPS) is 10.9. The number of amides is 1. The van der Waals surface area contributed by atoms with Crippen molar-refractivity contribution in [3.63, 3.8) is 0 Å². The number of esters is 1. The molecule has 0 saturated carbocycles. The smallest absolute Gasteiger partial charge is 0.331 e. The molecule has 0 radical (unpaired) electrons. The molecule has 156 valence electrons. The van der Waals surface area contributed by atoms with Gasteiger partial charge in [-0.3, -0.25) is 9.36 Å². The highest BCUT2D eigenvalue weighted by Crippen LogP contribution is 2.24. The summed E-state index contributed by atoms with van der Waals surface area (Å²) in [6.07, 6.45) is 4.75. The topological polar surface area (TPSA) is 82.5 Å². The van der Waals surface area contributed by atoms with Gasteiger partial charge in [-0.1, -0.05) is 12.1 Å². The molecule has 0 atom stereocenters.